The van der Waals surface area contributed by atoms with Gasteiger partial charge in [-0.25, -0.2) is 9.98 Å². The Labute approximate surface area is 184 Å². The number of thiazole rings is 1. The van der Waals surface area contributed by atoms with E-state index >= 15 is 0 Å². The summed E-state index contributed by atoms with van der Waals surface area (Å²) in [7, 11) is 8.85. The maximum Gasteiger partial charge on any atom is 0.117 e. The van der Waals surface area contributed by atoms with Crippen molar-refractivity contribution < 1.29 is 4.48 Å². The number of aromatic nitrogens is 1. The number of aliphatic imine (C=N–C) groups is 1. The molecule has 4 nitrogen and oxygen atoms in total. The fourth-order valence-electron chi connectivity index (χ4n) is 3.27. The van der Waals surface area contributed by atoms with E-state index in [1.54, 1.807) is 11.3 Å². The molecule has 1 aromatic carbocycles. The first-order valence-electron chi connectivity index (χ1n) is 10.5. The lowest BCUT2D eigenvalue weighted by atomic mass is 10.1. The smallest absolute Gasteiger partial charge is 0.117 e. The molecule has 2 heterocycles. The Balaban J connectivity index is 1.59. The van der Waals surface area contributed by atoms with E-state index in [-0.39, 0.29) is 0 Å². The number of rotatable bonds is 8. The molecule has 2 aromatic rings. The molecule has 158 valence electrons. The number of hydrogen-bond acceptors (Lipinski definition) is 4. The lowest BCUT2D eigenvalue weighted by Gasteiger charge is -2.27. The third-order valence-corrected chi connectivity index (χ3v) is 6.05. The van der Waals surface area contributed by atoms with E-state index in [1.807, 2.05) is 24.3 Å². The van der Waals surface area contributed by atoms with Crippen LogP contribution < -0.4 is 0 Å². The highest BCUT2D eigenvalue weighted by molar-refractivity contribution is 7.19. The molecule has 1 aliphatic rings. The van der Waals surface area contributed by atoms with Gasteiger partial charge in [-0.1, -0.05) is 30.4 Å². The van der Waals surface area contributed by atoms with E-state index < -0.39 is 0 Å². The van der Waals surface area contributed by atoms with Crippen molar-refractivity contribution in [2.75, 3.05) is 34.7 Å². The molecule has 0 aliphatic carbocycles. The summed E-state index contributed by atoms with van der Waals surface area (Å²) in [5.41, 5.74) is 3.30. The van der Waals surface area contributed by atoms with Crippen LogP contribution in [0.25, 0.3) is 16.3 Å². The Morgan fingerprint density at radius 3 is 2.63 bits per heavy atom. The van der Waals surface area contributed by atoms with Gasteiger partial charge in [-0.3, -0.25) is 0 Å². The summed E-state index contributed by atoms with van der Waals surface area (Å²) in [5.74, 6) is 1.15. The molecule has 3 rings (SSSR count). The van der Waals surface area contributed by atoms with Gasteiger partial charge in [0.05, 0.1) is 43.6 Å². The third-order valence-electron chi connectivity index (χ3n) is 5.05. The van der Waals surface area contributed by atoms with Crippen LogP contribution in [-0.2, 0) is 0 Å². The molecule has 0 fully saturated rings. The van der Waals surface area contributed by atoms with Crippen LogP contribution in [0.15, 0.2) is 71.0 Å². The zero-order valence-corrected chi connectivity index (χ0v) is 19.6. The number of benzene rings is 1. The minimum absolute atomic E-state index is 1.01. The number of allylic oxidation sites excluding steroid dienone is 6. The van der Waals surface area contributed by atoms with Crippen LogP contribution in [0, 0.1) is 0 Å². The Kier molecular flexibility index (Phi) is 7.40. The summed E-state index contributed by atoms with van der Waals surface area (Å²) in [6, 6.07) is 8.24. The molecule has 0 unspecified atom stereocenters. The zero-order valence-electron chi connectivity index (χ0n) is 18.8. The zero-order chi connectivity index (χ0) is 21.6. The molecule has 0 atom stereocenters. The Morgan fingerprint density at radius 1 is 1.07 bits per heavy atom. The quantitative estimate of drug-likeness (QED) is 0.303. The average molecular weight is 422 g/mol. The average Bonchev–Trinajstić information content (AvgIpc) is 3.10. The van der Waals surface area contributed by atoms with E-state index in [4.69, 9.17) is 4.99 Å². The highest BCUT2D eigenvalue weighted by Gasteiger charge is 2.14. The van der Waals surface area contributed by atoms with Crippen molar-refractivity contribution in [2.45, 2.75) is 26.2 Å². The van der Waals surface area contributed by atoms with Gasteiger partial charge in [0.15, 0.2) is 0 Å². The third kappa shape index (κ3) is 6.51. The van der Waals surface area contributed by atoms with Crippen molar-refractivity contribution in [2.24, 2.45) is 4.99 Å². The summed E-state index contributed by atoms with van der Waals surface area (Å²) >= 11 is 1.71. The number of hydrogen-bond donors (Lipinski definition) is 0. The fraction of sp³-hybridized carbons (Fsp3) is 0.360. The van der Waals surface area contributed by atoms with Gasteiger partial charge in [0.25, 0.3) is 0 Å². The summed E-state index contributed by atoms with van der Waals surface area (Å²) < 4.78 is 2.24. The predicted octanol–water partition coefficient (Wildman–Crippen LogP) is 5.87. The number of amidine groups is 1. The minimum atomic E-state index is 1.01. The molecule has 30 heavy (non-hydrogen) atoms. The van der Waals surface area contributed by atoms with Crippen molar-refractivity contribution >= 4 is 33.5 Å². The van der Waals surface area contributed by atoms with E-state index in [0.717, 1.165) is 33.0 Å². The second-order valence-corrected chi connectivity index (χ2v) is 9.76. The molecule has 0 N–H and O–H groups in total. The number of fused-ring (bicyclic) bond motifs is 1. The molecule has 0 radical (unpaired) electrons. The van der Waals surface area contributed by atoms with Crippen molar-refractivity contribution in [1.29, 1.82) is 0 Å². The molecular weight excluding hydrogens is 388 g/mol. The van der Waals surface area contributed by atoms with Gasteiger partial charge in [-0.15, -0.1) is 11.3 Å². The first kappa shape index (κ1) is 22.2. The van der Waals surface area contributed by atoms with Crippen LogP contribution in [-0.4, -0.2) is 54.9 Å². The Morgan fingerprint density at radius 2 is 1.87 bits per heavy atom. The van der Waals surface area contributed by atoms with Crippen LogP contribution in [0.3, 0.4) is 0 Å². The van der Waals surface area contributed by atoms with Gasteiger partial charge in [0, 0.05) is 19.2 Å². The molecule has 5 heteroatoms. The Hall–Kier alpha value is -2.50. The molecule has 0 spiro atoms. The lowest BCUT2D eigenvalue weighted by Crippen LogP contribution is -2.35. The molecule has 0 amide bonds. The van der Waals surface area contributed by atoms with E-state index in [0.29, 0.717) is 0 Å². The number of quaternary nitrogens is 1. The van der Waals surface area contributed by atoms with Crippen LogP contribution >= 0.6 is 11.3 Å². The van der Waals surface area contributed by atoms with Crippen LogP contribution in [0.1, 0.15) is 31.2 Å². The highest BCUT2D eigenvalue weighted by atomic mass is 32.1. The van der Waals surface area contributed by atoms with E-state index in [2.05, 4.69) is 81.4 Å². The maximum absolute atomic E-state index is 4.87. The van der Waals surface area contributed by atoms with Crippen LogP contribution in [0.4, 0.5) is 0 Å². The number of nitrogens with zero attached hydrogens (tertiary/aromatic N) is 4. The van der Waals surface area contributed by atoms with E-state index in [1.165, 1.54) is 29.8 Å². The molecular formula is C25H33N4S+. The molecule has 1 aromatic heterocycles. The second-order valence-electron chi connectivity index (χ2n) is 8.70. The molecule has 0 bridgehead atoms. The largest absolute Gasteiger partial charge is 0.337 e. The highest BCUT2D eigenvalue weighted by Crippen LogP contribution is 2.22. The van der Waals surface area contributed by atoms with Gasteiger partial charge >= 0.3 is 0 Å². The van der Waals surface area contributed by atoms with Gasteiger partial charge < -0.3 is 9.38 Å². The SMILES string of the molecule is CC1=C/C(=C/C=C/C=C/c2nc3ccccc3s2)N=C(CCCC[N+](C)(C)C)N1C. The molecule has 0 saturated heterocycles. The number of unbranched alkanes of at least 4 members (excludes halogenated alkanes) is 1. The van der Waals surface area contributed by atoms with Crippen molar-refractivity contribution in [3.63, 3.8) is 0 Å². The van der Waals surface area contributed by atoms with Crippen molar-refractivity contribution in [3.05, 3.63) is 71.0 Å². The summed E-state index contributed by atoms with van der Waals surface area (Å²) in [6.45, 7) is 3.34. The van der Waals surface area contributed by atoms with Gasteiger partial charge in [-0.05, 0) is 50.1 Å². The normalized spacial score (nSPS) is 16.8. The summed E-state index contributed by atoms with van der Waals surface area (Å²) in [4.78, 5) is 11.7. The van der Waals surface area contributed by atoms with Gasteiger partial charge in [0.2, 0.25) is 0 Å². The minimum Gasteiger partial charge on any atom is -0.337 e. The predicted molar refractivity (Wildman–Crippen MR) is 132 cm³/mol. The summed E-state index contributed by atoms with van der Waals surface area (Å²) in [6.07, 6.45) is 15.8. The monoisotopic (exact) mass is 421 g/mol. The lowest BCUT2D eigenvalue weighted by molar-refractivity contribution is -0.870. The number of para-hydroxylation sites is 1. The molecule has 0 saturated carbocycles. The first-order valence-corrected chi connectivity index (χ1v) is 11.3. The topological polar surface area (TPSA) is 28.5 Å². The summed E-state index contributed by atoms with van der Waals surface area (Å²) in [5, 5.41) is 1.03. The van der Waals surface area contributed by atoms with E-state index in [9.17, 15) is 0 Å². The fourth-order valence-corrected chi connectivity index (χ4v) is 4.15. The maximum atomic E-state index is 4.87. The standard InChI is InChI=1S/C25H33N4S/c1-20-19-21(26-24(28(20)2)16-11-12-18-29(3,4)5)13-7-6-8-17-25-27-22-14-9-10-15-23(22)30-25/h6-10,13-15,17,19H,11-12,16,18H2,1-5H3/q+1/b7-6+,17-8+,21-13-. The second kappa shape index (κ2) is 10.0. The van der Waals surface area contributed by atoms with Gasteiger partial charge in [-0.2, -0.15) is 0 Å². The van der Waals surface area contributed by atoms with Crippen LogP contribution in [0.5, 0.6) is 0 Å². The van der Waals surface area contributed by atoms with Crippen molar-refractivity contribution in [3.8, 4) is 0 Å². The van der Waals surface area contributed by atoms with Gasteiger partial charge in [0.1, 0.15) is 10.8 Å². The van der Waals surface area contributed by atoms with Crippen LogP contribution in [0.2, 0.25) is 0 Å². The van der Waals surface area contributed by atoms with Crippen molar-refractivity contribution in [1.82, 2.24) is 9.88 Å². The molecule has 1 aliphatic heterocycles. The first-order chi connectivity index (χ1) is 14.3. The Bertz CT molecular complexity index is 982.